The van der Waals surface area contributed by atoms with Crippen molar-refractivity contribution >= 4 is 22.4 Å². The summed E-state index contributed by atoms with van der Waals surface area (Å²) in [4.78, 5) is 7.80. The number of nitrogens with one attached hydrogen (secondary N) is 2. The zero-order valence-corrected chi connectivity index (χ0v) is 19.3. The largest absolute Gasteiger partial charge is 0.497 e. The minimum absolute atomic E-state index is 0.273. The van der Waals surface area contributed by atoms with Gasteiger partial charge < -0.3 is 25.0 Å². The highest BCUT2D eigenvalue weighted by molar-refractivity contribution is 7.85. The summed E-state index contributed by atoms with van der Waals surface area (Å²) in [5, 5.41) is 6.82. The van der Waals surface area contributed by atoms with Crippen molar-refractivity contribution in [2.45, 2.75) is 24.3 Å². The molecule has 2 N–H and O–H groups in total. The van der Waals surface area contributed by atoms with Gasteiger partial charge in [0, 0.05) is 60.2 Å². The van der Waals surface area contributed by atoms with Crippen LogP contribution in [0.15, 0.2) is 58.4 Å². The van der Waals surface area contributed by atoms with Crippen LogP contribution < -0.4 is 25.0 Å². The van der Waals surface area contributed by atoms with Crippen LogP contribution in [0.2, 0.25) is 0 Å². The summed E-state index contributed by atoms with van der Waals surface area (Å²) in [6.45, 7) is 5.11. The second kappa shape index (κ2) is 11.6. The standard InChI is InChI=1S/C23H32N4O3S/c1-4-24-23(25-11-13-31(28)22-8-6-5-7-9-22)26-18-10-12-27(17-18)19-14-20(29-2)16-21(15-19)30-3/h5-9,14-16,18H,4,10-13,17H2,1-3H3,(H2,24,25,26). The lowest BCUT2D eigenvalue weighted by molar-refractivity contribution is 0.394. The van der Waals surface area contributed by atoms with Crippen LogP contribution in [0.1, 0.15) is 13.3 Å². The van der Waals surface area contributed by atoms with Gasteiger partial charge in [-0.2, -0.15) is 0 Å². The van der Waals surface area contributed by atoms with Crippen molar-refractivity contribution < 1.29 is 13.7 Å². The number of rotatable bonds is 9. The van der Waals surface area contributed by atoms with Crippen LogP contribution in [-0.2, 0) is 10.8 Å². The third-order valence-corrected chi connectivity index (χ3v) is 6.48. The summed E-state index contributed by atoms with van der Waals surface area (Å²) in [5.41, 5.74) is 1.08. The molecule has 1 aliphatic rings. The second-order valence-electron chi connectivity index (χ2n) is 7.27. The maximum absolute atomic E-state index is 12.4. The molecule has 3 rings (SSSR count). The van der Waals surface area contributed by atoms with Crippen molar-refractivity contribution in [3.8, 4) is 11.5 Å². The molecule has 0 spiro atoms. The van der Waals surface area contributed by atoms with Gasteiger partial charge in [-0.25, -0.2) is 0 Å². The van der Waals surface area contributed by atoms with E-state index >= 15 is 0 Å². The Morgan fingerprint density at radius 1 is 1.16 bits per heavy atom. The first kappa shape index (κ1) is 22.9. The van der Waals surface area contributed by atoms with Crippen molar-refractivity contribution in [2.24, 2.45) is 4.99 Å². The van der Waals surface area contributed by atoms with Crippen molar-refractivity contribution in [1.82, 2.24) is 10.6 Å². The van der Waals surface area contributed by atoms with E-state index in [9.17, 15) is 4.21 Å². The van der Waals surface area contributed by atoms with E-state index in [4.69, 9.17) is 9.47 Å². The smallest absolute Gasteiger partial charge is 0.191 e. The predicted octanol–water partition coefficient (Wildman–Crippen LogP) is 2.65. The Bertz CT molecular complexity index is 869. The Kier molecular flexibility index (Phi) is 8.58. The lowest BCUT2D eigenvalue weighted by atomic mass is 10.2. The fourth-order valence-electron chi connectivity index (χ4n) is 3.53. The van der Waals surface area contributed by atoms with E-state index in [1.54, 1.807) is 14.2 Å². The third kappa shape index (κ3) is 6.62. The van der Waals surface area contributed by atoms with Gasteiger partial charge in [0.05, 0.1) is 31.6 Å². The molecule has 1 heterocycles. The Labute approximate surface area is 187 Å². The Hall–Kier alpha value is -2.74. The Morgan fingerprint density at radius 2 is 1.87 bits per heavy atom. The summed E-state index contributed by atoms with van der Waals surface area (Å²) < 4.78 is 23.2. The first-order chi connectivity index (χ1) is 15.1. The molecule has 168 valence electrons. The van der Waals surface area contributed by atoms with Gasteiger partial charge in [-0.15, -0.1) is 0 Å². The molecule has 2 unspecified atom stereocenters. The minimum Gasteiger partial charge on any atom is -0.497 e. The molecule has 1 aliphatic heterocycles. The number of hydrogen-bond donors (Lipinski definition) is 2. The molecular weight excluding hydrogens is 412 g/mol. The Morgan fingerprint density at radius 3 is 2.52 bits per heavy atom. The topological polar surface area (TPSA) is 75.2 Å². The summed E-state index contributed by atoms with van der Waals surface area (Å²) in [6.07, 6.45) is 1.000. The number of guanidine groups is 1. The van der Waals surface area contributed by atoms with E-state index in [2.05, 4.69) is 20.5 Å². The van der Waals surface area contributed by atoms with E-state index < -0.39 is 10.8 Å². The number of hydrogen-bond acceptors (Lipinski definition) is 5. The van der Waals surface area contributed by atoms with Gasteiger partial charge in [0.15, 0.2) is 5.96 Å². The molecule has 2 atom stereocenters. The zero-order valence-electron chi connectivity index (χ0n) is 18.5. The molecule has 8 heteroatoms. The van der Waals surface area contributed by atoms with Gasteiger partial charge in [0.1, 0.15) is 11.5 Å². The minimum atomic E-state index is -1.04. The first-order valence-corrected chi connectivity index (χ1v) is 11.9. The molecule has 1 fully saturated rings. The molecule has 31 heavy (non-hydrogen) atoms. The van der Waals surface area contributed by atoms with Crippen LogP contribution in [0.3, 0.4) is 0 Å². The van der Waals surface area contributed by atoms with Crippen LogP contribution in [0, 0.1) is 0 Å². The zero-order chi connectivity index (χ0) is 22.1. The van der Waals surface area contributed by atoms with Crippen LogP contribution in [0.25, 0.3) is 0 Å². The van der Waals surface area contributed by atoms with Crippen LogP contribution in [0.4, 0.5) is 5.69 Å². The average Bonchev–Trinajstić information content (AvgIpc) is 3.27. The SMILES string of the molecule is CCNC(=NCCS(=O)c1ccccc1)NC1CCN(c2cc(OC)cc(OC)c2)C1. The average molecular weight is 445 g/mol. The van der Waals surface area contributed by atoms with Crippen molar-refractivity contribution in [3.63, 3.8) is 0 Å². The number of benzene rings is 2. The molecule has 0 radical (unpaired) electrons. The molecule has 0 aromatic heterocycles. The molecule has 0 bridgehead atoms. The van der Waals surface area contributed by atoms with Gasteiger partial charge in [-0.3, -0.25) is 9.20 Å². The highest BCUT2D eigenvalue weighted by atomic mass is 32.2. The van der Waals surface area contributed by atoms with Gasteiger partial charge >= 0.3 is 0 Å². The van der Waals surface area contributed by atoms with Gasteiger partial charge in [0.25, 0.3) is 0 Å². The highest BCUT2D eigenvalue weighted by Gasteiger charge is 2.24. The van der Waals surface area contributed by atoms with E-state index in [1.807, 2.05) is 55.5 Å². The summed E-state index contributed by atoms with van der Waals surface area (Å²) in [7, 11) is 2.29. The molecule has 2 aromatic carbocycles. The number of ether oxygens (including phenoxy) is 2. The monoisotopic (exact) mass is 444 g/mol. The molecule has 0 saturated carbocycles. The lowest BCUT2D eigenvalue weighted by Gasteiger charge is -2.21. The fourth-order valence-corrected chi connectivity index (χ4v) is 4.48. The van der Waals surface area contributed by atoms with Crippen LogP contribution in [0.5, 0.6) is 11.5 Å². The highest BCUT2D eigenvalue weighted by Crippen LogP contribution is 2.30. The number of nitrogens with zero attached hydrogens (tertiary/aromatic N) is 2. The van der Waals surface area contributed by atoms with Gasteiger partial charge in [-0.1, -0.05) is 18.2 Å². The van der Waals surface area contributed by atoms with E-state index in [0.29, 0.717) is 12.3 Å². The molecule has 1 saturated heterocycles. The molecule has 2 aromatic rings. The Balaban J connectivity index is 1.57. The fraction of sp³-hybridized carbons (Fsp3) is 0.435. The maximum atomic E-state index is 12.4. The molecule has 7 nitrogen and oxygen atoms in total. The van der Waals surface area contributed by atoms with Crippen molar-refractivity contribution in [1.29, 1.82) is 0 Å². The normalized spacial score (nSPS) is 17.3. The van der Waals surface area contributed by atoms with Crippen molar-refractivity contribution in [2.75, 3.05) is 51.1 Å². The summed E-state index contributed by atoms with van der Waals surface area (Å²) in [5.74, 6) is 2.84. The lowest BCUT2D eigenvalue weighted by Crippen LogP contribution is -2.44. The van der Waals surface area contributed by atoms with Gasteiger partial charge in [-0.05, 0) is 25.5 Å². The van der Waals surface area contributed by atoms with Crippen LogP contribution >= 0.6 is 0 Å². The third-order valence-electron chi connectivity index (χ3n) is 5.13. The molecular formula is C23H32N4O3S. The molecule has 0 aliphatic carbocycles. The number of anilines is 1. The van der Waals surface area contributed by atoms with Crippen molar-refractivity contribution in [3.05, 3.63) is 48.5 Å². The predicted molar refractivity (Wildman–Crippen MR) is 127 cm³/mol. The van der Waals surface area contributed by atoms with E-state index in [-0.39, 0.29) is 6.04 Å². The number of aliphatic imine (C=N–C) groups is 1. The van der Waals surface area contributed by atoms with E-state index in [1.165, 1.54) is 0 Å². The number of methoxy groups -OCH3 is 2. The molecule has 0 amide bonds. The maximum Gasteiger partial charge on any atom is 0.191 e. The summed E-state index contributed by atoms with van der Waals surface area (Å²) >= 11 is 0. The van der Waals surface area contributed by atoms with Crippen LogP contribution in [-0.4, -0.2) is 62.4 Å². The van der Waals surface area contributed by atoms with Gasteiger partial charge in [0.2, 0.25) is 0 Å². The first-order valence-electron chi connectivity index (χ1n) is 10.6. The quantitative estimate of drug-likeness (QED) is 0.458. The van der Waals surface area contributed by atoms with E-state index in [0.717, 1.165) is 54.1 Å². The summed E-state index contributed by atoms with van der Waals surface area (Å²) in [6, 6.07) is 15.7. The second-order valence-corrected chi connectivity index (χ2v) is 8.84.